The fourth-order valence-corrected chi connectivity index (χ4v) is 9.66. The first-order valence-corrected chi connectivity index (χ1v) is 21.4. The highest BCUT2D eigenvalue weighted by Crippen LogP contribution is 2.59. The number of carbonyl (C=O) groups excluding carboxylic acids is 3. The third kappa shape index (κ3) is 6.11. The van der Waals surface area contributed by atoms with E-state index in [2.05, 4.69) is 5.16 Å². The predicted octanol–water partition coefficient (Wildman–Crippen LogP) is 8.59. The summed E-state index contributed by atoms with van der Waals surface area (Å²) >= 11 is 6.87. The first kappa shape index (κ1) is 37.7. The number of carbonyl (C=O) groups is 3. The van der Waals surface area contributed by atoms with E-state index in [9.17, 15) is 9.90 Å². The Bertz CT molecular complexity index is 2160. The number of nitrogens with zero attached hydrogens (tertiary/aromatic N) is 2. The normalized spacial score (nSPS) is 22.4. The lowest BCUT2D eigenvalue weighted by Gasteiger charge is -2.55. The summed E-state index contributed by atoms with van der Waals surface area (Å²) in [5, 5.41) is 16.4. The molecule has 54 heavy (non-hydrogen) atoms. The number of fused-ring (bicyclic) bond motifs is 4. The molecule has 0 radical (unpaired) electrons. The van der Waals surface area contributed by atoms with E-state index in [4.69, 9.17) is 30.0 Å². The quantitative estimate of drug-likeness (QED) is 0.0952. The van der Waals surface area contributed by atoms with Crippen LogP contribution in [-0.4, -0.2) is 61.0 Å². The second-order valence-corrected chi connectivity index (χ2v) is 21.3. The topological polar surface area (TPSA) is 128 Å². The Morgan fingerprint density at radius 1 is 0.981 bits per heavy atom. The Kier molecular flexibility index (Phi) is 9.75. The molecule has 1 heterocycles. The number of halogens is 1. The Morgan fingerprint density at radius 2 is 1.59 bits per heavy atom. The van der Waals surface area contributed by atoms with Crippen LogP contribution in [-0.2, 0) is 28.9 Å². The number of ether oxygens (including phenoxy) is 2. The fraction of sp³-hybridized carbons (Fsp3) is 0.381. The molecule has 7 rings (SSSR count). The molecule has 4 atom stereocenters. The van der Waals surface area contributed by atoms with Crippen LogP contribution in [0.2, 0.25) is 23.2 Å². The molecule has 0 unspecified atom stereocenters. The molecule has 1 N–H and O–H groups in total. The van der Waals surface area contributed by atoms with Crippen LogP contribution in [0.25, 0.3) is 5.76 Å². The zero-order valence-corrected chi connectivity index (χ0v) is 33.3. The summed E-state index contributed by atoms with van der Waals surface area (Å²) in [7, 11) is 0.804. The Balaban J connectivity index is 1.42. The highest BCUT2D eigenvalue weighted by atomic mass is 35.5. The maximum atomic E-state index is 15.7. The van der Waals surface area contributed by atoms with Gasteiger partial charge in [-0.05, 0) is 78.9 Å². The van der Waals surface area contributed by atoms with Gasteiger partial charge in [0.1, 0.15) is 30.3 Å². The van der Waals surface area contributed by atoms with E-state index in [1.54, 1.807) is 0 Å². The average Bonchev–Trinajstić information content (AvgIpc) is 3.55. The summed E-state index contributed by atoms with van der Waals surface area (Å²) in [6.45, 7) is 10.4. The number of rotatable bonds is 10. The summed E-state index contributed by atoms with van der Waals surface area (Å²) < 4.78 is 25.6. The number of aliphatic hydroxyl groups is 1. The predicted molar refractivity (Wildman–Crippen MR) is 207 cm³/mol. The fourth-order valence-electron chi connectivity index (χ4n) is 7.94. The van der Waals surface area contributed by atoms with Gasteiger partial charge in [0.05, 0.1) is 16.6 Å². The van der Waals surface area contributed by atoms with Crippen LogP contribution in [0.1, 0.15) is 82.0 Å². The van der Waals surface area contributed by atoms with Crippen LogP contribution in [0, 0.1) is 11.8 Å². The highest BCUT2D eigenvalue weighted by Gasteiger charge is 2.69. The smallest absolute Gasteiger partial charge is 0.265 e. The lowest BCUT2D eigenvalue weighted by atomic mass is 9.57. The zero-order chi connectivity index (χ0) is 38.7. The summed E-state index contributed by atoms with van der Waals surface area (Å²) in [5.41, 5.74) is 0.763. The molecular formula is C42H45ClN2O8Si. The lowest BCUT2D eigenvalue weighted by molar-refractivity contribution is -0.140. The number of Topliss-reactive ketones (excluding diaryl/α,β-unsaturated/α-hetero) is 2. The molecule has 0 aliphatic heterocycles. The summed E-state index contributed by atoms with van der Waals surface area (Å²) in [6, 6.07) is 19.8. The molecule has 3 aliphatic rings. The highest BCUT2D eigenvalue weighted by molar-refractivity contribution is 6.74. The number of aromatic nitrogens is 1. The molecule has 4 aromatic rings. The van der Waals surface area contributed by atoms with Crippen molar-refractivity contribution < 1.29 is 37.9 Å². The maximum absolute atomic E-state index is 15.7. The first-order chi connectivity index (χ1) is 25.6. The van der Waals surface area contributed by atoms with Crippen molar-refractivity contribution in [2.45, 2.75) is 76.6 Å². The SMILES string of the molecule is CN(C)[C@@H]1c2onc(OCc3ccccc3)c2C(=O)[C@@]2(O[Si](C)(C)C(C)(C)C)C(=O)C3=C(O)c4c(OCc5ccccc5)cc(C=O)c(Cl)c4C[C@H]3C[C@@H]12. The van der Waals surface area contributed by atoms with Crippen LogP contribution in [0.5, 0.6) is 11.6 Å². The van der Waals surface area contributed by atoms with Crippen LogP contribution >= 0.6 is 11.6 Å². The van der Waals surface area contributed by atoms with Gasteiger partial charge in [0, 0.05) is 17.1 Å². The molecule has 0 saturated heterocycles. The molecule has 10 nitrogen and oxygen atoms in total. The largest absolute Gasteiger partial charge is 0.507 e. The maximum Gasteiger partial charge on any atom is 0.265 e. The van der Waals surface area contributed by atoms with Crippen LogP contribution < -0.4 is 9.47 Å². The van der Waals surface area contributed by atoms with Crippen molar-refractivity contribution in [2.75, 3.05) is 14.1 Å². The van der Waals surface area contributed by atoms with E-state index in [0.29, 0.717) is 17.6 Å². The second-order valence-electron chi connectivity index (χ2n) is 16.2. The number of hydrogen-bond acceptors (Lipinski definition) is 10. The summed E-state index contributed by atoms with van der Waals surface area (Å²) in [6.07, 6.45) is 1.14. The van der Waals surface area contributed by atoms with Gasteiger partial charge in [0.25, 0.3) is 5.88 Å². The Hall–Kier alpha value is -4.55. The molecule has 1 saturated carbocycles. The minimum Gasteiger partial charge on any atom is -0.507 e. The van der Waals surface area contributed by atoms with Gasteiger partial charge in [-0.2, -0.15) is 0 Å². The monoisotopic (exact) mass is 768 g/mol. The van der Waals surface area contributed by atoms with Crippen molar-refractivity contribution >= 4 is 43.5 Å². The van der Waals surface area contributed by atoms with Gasteiger partial charge in [-0.25, -0.2) is 0 Å². The third-order valence-electron chi connectivity index (χ3n) is 11.6. The van der Waals surface area contributed by atoms with Crippen molar-refractivity contribution in [3.05, 3.63) is 116 Å². The average molecular weight is 769 g/mol. The Labute approximate surface area is 321 Å². The minimum atomic E-state index is -2.92. The van der Waals surface area contributed by atoms with Gasteiger partial charge >= 0.3 is 0 Å². The molecule has 3 aromatic carbocycles. The molecule has 0 spiro atoms. The van der Waals surface area contributed by atoms with Crippen LogP contribution in [0.4, 0.5) is 0 Å². The zero-order valence-electron chi connectivity index (χ0n) is 31.6. The van der Waals surface area contributed by atoms with Crippen molar-refractivity contribution in [2.24, 2.45) is 11.8 Å². The minimum absolute atomic E-state index is 0.0192. The standard InChI is InChI=1S/C42H45ClN2O8Si/c1-41(2,3)54(6,7)53-42-29(35(45(4)5)37-33(39(42)49)40(44-52-37)51-23-25-16-12-9-13-17-25)19-26-18-28-32(36(47)31(26)38(42)48)30(20-27(21-46)34(28)43)50-22-24-14-10-8-11-15-24/h8-17,20-21,26,29,35,47H,18-19,22-23H2,1-7H3/t26-,29-,35-,42-/m0/s1. The van der Waals surface area contributed by atoms with Gasteiger partial charge in [0.2, 0.25) is 11.6 Å². The molecule has 282 valence electrons. The molecule has 1 fully saturated rings. The van der Waals surface area contributed by atoms with Crippen molar-refractivity contribution in [1.82, 2.24) is 10.1 Å². The van der Waals surface area contributed by atoms with Crippen LogP contribution in [0.15, 0.2) is 76.8 Å². The van der Waals surface area contributed by atoms with Gasteiger partial charge in [-0.1, -0.05) is 93.0 Å². The lowest BCUT2D eigenvalue weighted by Crippen LogP contribution is -2.68. The number of hydrogen-bond donors (Lipinski definition) is 1. The molecule has 12 heteroatoms. The molecule has 1 aromatic heterocycles. The summed E-state index contributed by atoms with van der Waals surface area (Å²) in [4.78, 5) is 45.3. The van der Waals surface area contributed by atoms with Crippen molar-refractivity contribution in [3.63, 3.8) is 0 Å². The number of aliphatic hydroxyl groups excluding tert-OH is 1. The van der Waals surface area contributed by atoms with Gasteiger partial charge < -0.3 is 23.5 Å². The second kappa shape index (κ2) is 13.9. The van der Waals surface area contributed by atoms with E-state index in [1.165, 1.54) is 6.07 Å². The van der Waals surface area contributed by atoms with E-state index >= 15 is 9.59 Å². The van der Waals surface area contributed by atoms with Crippen molar-refractivity contribution in [1.29, 1.82) is 0 Å². The van der Waals surface area contributed by atoms with E-state index in [-0.39, 0.29) is 70.7 Å². The van der Waals surface area contributed by atoms with Gasteiger partial charge in [-0.15, -0.1) is 0 Å². The van der Waals surface area contributed by atoms with Crippen LogP contribution in [0.3, 0.4) is 0 Å². The first-order valence-electron chi connectivity index (χ1n) is 18.1. The molecule has 3 aliphatic carbocycles. The van der Waals surface area contributed by atoms with E-state index in [0.717, 1.165) is 11.1 Å². The molecular weight excluding hydrogens is 724 g/mol. The number of aldehydes is 1. The Morgan fingerprint density at radius 3 is 2.17 bits per heavy atom. The van der Waals surface area contributed by atoms with E-state index in [1.807, 2.05) is 114 Å². The number of benzene rings is 3. The third-order valence-corrected chi connectivity index (χ3v) is 16.5. The molecule has 0 bridgehead atoms. The number of ketones is 2. The van der Waals surface area contributed by atoms with Crippen molar-refractivity contribution in [3.8, 4) is 11.6 Å². The van der Waals surface area contributed by atoms with Gasteiger partial charge in [-0.3, -0.25) is 19.3 Å². The van der Waals surface area contributed by atoms with E-state index < -0.39 is 48.4 Å². The summed E-state index contributed by atoms with van der Waals surface area (Å²) in [5.74, 6) is -2.37. The molecule has 0 amide bonds. The van der Waals surface area contributed by atoms with Gasteiger partial charge in [0.15, 0.2) is 26.0 Å².